The van der Waals surface area contributed by atoms with Crippen LogP contribution < -0.4 is 15.5 Å². The van der Waals surface area contributed by atoms with Gasteiger partial charge in [0.05, 0.1) is 17.8 Å². The van der Waals surface area contributed by atoms with E-state index in [1.54, 1.807) is 30.6 Å². The SMILES string of the molecule is O=C1Cc2c(Cl)nc(Nc3ccc(C(=O)N4CCN(c5ncccn5)CC4)cc3)nc2-c2ccccc2N1. The lowest BCUT2D eigenvalue weighted by molar-refractivity contribution is -0.115. The van der Waals surface area contributed by atoms with E-state index in [0.29, 0.717) is 66.3 Å². The van der Waals surface area contributed by atoms with Gasteiger partial charge in [-0.2, -0.15) is 0 Å². The summed E-state index contributed by atoms with van der Waals surface area (Å²) in [5, 5.41) is 6.28. The molecular formula is C27H23ClN8O2. The summed E-state index contributed by atoms with van der Waals surface area (Å²) in [5.74, 6) is 0.790. The fourth-order valence-corrected chi connectivity index (χ4v) is 4.85. The summed E-state index contributed by atoms with van der Waals surface area (Å²) >= 11 is 6.49. The van der Waals surface area contributed by atoms with Crippen LogP contribution in [0.25, 0.3) is 11.3 Å². The van der Waals surface area contributed by atoms with E-state index in [-0.39, 0.29) is 23.4 Å². The summed E-state index contributed by atoms with van der Waals surface area (Å²) in [6.07, 6.45) is 3.53. The smallest absolute Gasteiger partial charge is 0.253 e. The maximum atomic E-state index is 13.1. The van der Waals surface area contributed by atoms with E-state index >= 15 is 0 Å². The number of benzene rings is 2. The number of rotatable bonds is 4. The number of piperazine rings is 1. The molecule has 38 heavy (non-hydrogen) atoms. The first-order valence-corrected chi connectivity index (χ1v) is 12.6. The number of carbonyl (C=O) groups is 2. The molecule has 2 aliphatic rings. The van der Waals surface area contributed by atoms with E-state index < -0.39 is 0 Å². The fraction of sp³-hybridized carbons (Fsp3) is 0.185. The second-order valence-electron chi connectivity index (χ2n) is 8.97. The number of halogens is 1. The number of hydrogen-bond donors (Lipinski definition) is 2. The lowest BCUT2D eigenvalue weighted by Gasteiger charge is -2.34. The van der Waals surface area contributed by atoms with Crippen LogP contribution in [0, 0.1) is 0 Å². The molecule has 11 heteroatoms. The minimum atomic E-state index is -0.169. The molecule has 4 heterocycles. The van der Waals surface area contributed by atoms with Crippen molar-refractivity contribution in [3.63, 3.8) is 0 Å². The molecule has 10 nitrogen and oxygen atoms in total. The molecule has 2 amide bonds. The summed E-state index contributed by atoms with van der Waals surface area (Å²) < 4.78 is 0. The third-order valence-electron chi connectivity index (χ3n) is 6.54. The lowest BCUT2D eigenvalue weighted by Crippen LogP contribution is -2.49. The molecule has 0 bridgehead atoms. The van der Waals surface area contributed by atoms with Crippen molar-refractivity contribution in [3.05, 3.63) is 83.3 Å². The monoisotopic (exact) mass is 526 g/mol. The zero-order valence-corrected chi connectivity index (χ0v) is 21.0. The van der Waals surface area contributed by atoms with Crippen LogP contribution in [-0.4, -0.2) is 62.8 Å². The topological polar surface area (TPSA) is 116 Å². The van der Waals surface area contributed by atoms with Crippen LogP contribution in [0.15, 0.2) is 67.0 Å². The van der Waals surface area contributed by atoms with Gasteiger partial charge in [0.2, 0.25) is 17.8 Å². The molecule has 0 unspecified atom stereocenters. The van der Waals surface area contributed by atoms with Crippen molar-refractivity contribution in [1.29, 1.82) is 0 Å². The Bertz CT molecular complexity index is 1510. The molecule has 2 aliphatic heterocycles. The fourth-order valence-electron chi connectivity index (χ4n) is 4.62. The summed E-state index contributed by atoms with van der Waals surface area (Å²) in [6.45, 7) is 2.54. The highest BCUT2D eigenvalue weighted by Crippen LogP contribution is 2.36. The van der Waals surface area contributed by atoms with Gasteiger partial charge in [0, 0.05) is 61.0 Å². The quantitative estimate of drug-likeness (QED) is 0.386. The van der Waals surface area contributed by atoms with Gasteiger partial charge < -0.3 is 20.4 Å². The average molecular weight is 527 g/mol. The predicted molar refractivity (Wildman–Crippen MR) is 145 cm³/mol. The van der Waals surface area contributed by atoms with E-state index in [9.17, 15) is 9.59 Å². The van der Waals surface area contributed by atoms with Crippen molar-refractivity contribution in [2.45, 2.75) is 6.42 Å². The van der Waals surface area contributed by atoms with Crippen LogP contribution >= 0.6 is 11.6 Å². The van der Waals surface area contributed by atoms with Crippen LogP contribution in [0.4, 0.5) is 23.3 Å². The standard InChI is InChI=1S/C27H23ClN8O2/c28-24-20-16-22(37)32-21-5-2-1-4-19(21)23(20)33-26(34-24)31-18-8-6-17(7-9-18)25(38)35-12-14-36(15-13-35)27-29-10-3-11-30-27/h1-11H,12-16H2,(H,32,37)(H,31,33,34). The molecule has 0 saturated carbocycles. The molecule has 190 valence electrons. The third kappa shape index (κ3) is 4.73. The molecule has 2 N–H and O–H groups in total. The Morgan fingerprint density at radius 2 is 1.66 bits per heavy atom. The molecule has 2 aromatic heterocycles. The number of carbonyl (C=O) groups excluding carboxylic acids is 2. The Morgan fingerprint density at radius 3 is 2.42 bits per heavy atom. The molecule has 0 spiro atoms. The lowest BCUT2D eigenvalue weighted by atomic mass is 10.1. The van der Waals surface area contributed by atoms with Crippen LogP contribution in [0.3, 0.4) is 0 Å². The number of hydrogen-bond acceptors (Lipinski definition) is 8. The number of anilines is 4. The summed E-state index contributed by atoms with van der Waals surface area (Å²) in [4.78, 5) is 47.0. The van der Waals surface area contributed by atoms with Crippen molar-refractivity contribution < 1.29 is 9.59 Å². The molecule has 1 fully saturated rings. The van der Waals surface area contributed by atoms with Crippen LogP contribution in [0.2, 0.25) is 5.15 Å². The number of para-hydroxylation sites is 1. The average Bonchev–Trinajstić information content (AvgIpc) is 3.10. The maximum absolute atomic E-state index is 13.1. The van der Waals surface area contributed by atoms with Gasteiger partial charge in [0.15, 0.2) is 0 Å². The van der Waals surface area contributed by atoms with Crippen molar-refractivity contribution in [3.8, 4) is 11.3 Å². The molecule has 0 atom stereocenters. The number of amides is 2. The van der Waals surface area contributed by atoms with E-state index in [0.717, 1.165) is 5.56 Å². The Hall–Kier alpha value is -4.57. The number of nitrogens with one attached hydrogen (secondary N) is 2. The minimum absolute atomic E-state index is 0.0247. The summed E-state index contributed by atoms with van der Waals surface area (Å²) in [7, 11) is 0. The number of aromatic nitrogens is 4. The van der Waals surface area contributed by atoms with Crippen molar-refractivity contribution in [2.24, 2.45) is 0 Å². The molecular weight excluding hydrogens is 504 g/mol. The van der Waals surface area contributed by atoms with Gasteiger partial charge >= 0.3 is 0 Å². The normalized spacial score (nSPS) is 14.7. The van der Waals surface area contributed by atoms with Crippen LogP contribution in [0.5, 0.6) is 0 Å². The van der Waals surface area contributed by atoms with Gasteiger partial charge in [-0.05, 0) is 36.4 Å². The zero-order chi connectivity index (χ0) is 26.1. The molecule has 2 aromatic carbocycles. The minimum Gasteiger partial charge on any atom is -0.337 e. The molecule has 6 rings (SSSR count). The first-order valence-electron chi connectivity index (χ1n) is 12.2. The van der Waals surface area contributed by atoms with Crippen molar-refractivity contribution >= 4 is 46.7 Å². The first-order chi connectivity index (χ1) is 18.5. The molecule has 4 aromatic rings. The van der Waals surface area contributed by atoms with Gasteiger partial charge in [0.25, 0.3) is 5.91 Å². The highest BCUT2D eigenvalue weighted by Gasteiger charge is 2.25. The van der Waals surface area contributed by atoms with Crippen LogP contribution in [0.1, 0.15) is 15.9 Å². The number of nitrogens with zero attached hydrogens (tertiary/aromatic N) is 6. The summed E-state index contributed by atoms with van der Waals surface area (Å²) in [5.41, 5.74) is 3.95. The van der Waals surface area contributed by atoms with E-state index in [2.05, 4.69) is 35.5 Å². The first kappa shape index (κ1) is 23.8. The Kier molecular flexibility index (Phi) is 6.30. The molecule has 1 saturated heterocycles. The largest absolute Gasteiger partial charge is 0.337 e. The van der Waals surface area contributed by atoms with Gasteiger partial charge in [-0.15, -0.1) is 0 Å². The highest BCUT2D eigenvalue weighted by atomic mass is 35.5. The van der Waals surface area contributed by atoms with Gasteiger partial charge in [-0.3, -0.25) is 9.59 Å². The second kappa shape index (κ2) is 10.1. The zero-order valence-electron chi connectivity index (χ0n) is 20.3. The second-order valence-corrected chi connectivity index (χ2v) is 9.32. The highest BCUT2D eigenvalue weighted by molar-refractivity contribution is 6.31. The van der Waals surface area contributed by atoms with Gasteiger partial charge in [0.1, 0.15) is 5.15 Å². The molecule has 0 aliphatic carbocycles. The van der Waals surface area contributed by atoms with Crippen molar-refractivity contribution in [1.82, 2.24) is 24.8 Å². The van der Waals surface area contributed by atoms with Crippen molar-refractivity contribution in [2.75, 3.05) is 41.7 Å². The van der Waals surface area contributed by atoms with Gasteiger partial charge in [-0.25, -0.2) is 19.9 Å². The summed E-state index contributed by atoms with van der Waals surface area (Å²) in [6, 6.07) is 16.4. The Balaban J connectivity index is 1.16. The maximum Gasteiger partial charge on any atom is 0.253 e. The van der Waals surface area contributed by atoms with E-state index in [4.69, 9.17) is 11.6 Å². The van der Waals surface area contributed by atoms with E-state index in [1.807, 2.05) is 41.3 Å². The van der Waals surface area contributed by atoms with Gasteiger partial charge in [-0.1, -0.05) is 29.8 Å². The Labute approximate surface area is 223 Å². The van der Waals surface area contributed by atoms with E-state index in [1.165, 1.54) is 0 Å². The predicted octanol–water partition coefficient (Wildman–Crippen LogP) is 3.79. The third-order valence-corrected chi connectivity index (χ3v) is 6.85. The molecule has 0 radical (unpaired) electrons. The Morgan fingerprint density at radius 1 is 0.921 bits per heavy atom. The van der Waals surface area contributed by atoms with Crippen LogP contribution in [-0.2, 0) is 11.2 Å². The number of fused-ring (bicyclic) bond motifs is 3.